The summed E-state index contributed by atoms with van der Waals surface area (Å²) in [5.74, 6) is 0.331. The van der Waals surface area contributed by atoms with Crippen LogP contribution < -0.4 is 4.90 Å². The quantitative estimate of drug-likeness (QED) is 0.840. The van der Waals surface area contributed by atoms with Crippen LogP contribution in [0.15, 0.2) is 27.7 Å². The molecule has 2 aliphatic rings. The van der Waals surface area contributed by atoms with Crippen molar-refractivity contribution in [1.29, 1.82) is 0 Å². The van der Waals surface area contributed by atoms with Crippen LogP contribution in [0.3, 0.4) is 0 Å². The number of hydrogen-bond donors (Lipinski definition) is 1. The number of nitrogens with zero attached hydrogens (tertiary/aromatic N) is 1. The molecule has 0 bridgehead atoms. The minimum Gasteiger partial charge on any atom is -0.465 e. The molecule has 2 amide bonds. The van der Waals surface area contributed by atoms with E-state index in [2.05, 4.69) is 0 Å². The van der Waals surface area contributed by atoms with Crippen molar-refractivity contribution in [1.82, 2.24) is 4.90 Å². The smallest absolute Gasteiger partial charge is 0.298 e. The van der Waals surface area contributed by atoms with Crippen LogP contribution in [0.25, 0.3) is 6.08 Å². The Bertz CT molecular complexity index is 589. The molecule has 0 radical (unpaired) electrons. The predicted octanol–water partition coefficient (Wildman–Crippen LogP) is 0.966. The summed E-state index contributed by atoms with van der Waals surface area (Å²) in [7, 11) is 0. The van der Waals surface area contributed by atoms with E-state index >= 15 is 0 Å². The summed E-state index contributed by atoms with van der Waals surface area (Å²) in [6.45, 7) is 6.01. The number of carbonyl (C=O) groups is 2. The van der Waals surface area contributed by atoms with Gasteiger partial charge in [0, 0.05) is 6.08 Å². The first-order valence-corrected chi connectivity index (χ1v) is 8.12. The van der Waals surface area contributed by atoms with Crippen LogP contribution in [0.1, 0.15) is 19.6 Å². The number of quaternary nitrogens is 1. The number of furan rings is 1. The van der Waals surface area contributed by atoms with Gasteiger partial charge in [0.25, 0.3) is 11.1 Å². The van der Waals surface area contributed by atoms with Gasteiger partial charge in [-0.1, -0.05) is 0 Å². The Morgan fingerprint density at radius 3 is 2.73 bits per heavy atom. The summed E-state index contributed by atoms with van der Waals surface area (Å²) >= 11 is 0.964. The lowest BCUT2D eigenvalue weighted by atomic mass is 10.2. The van der Waals surface area contributed by atoms with Crippen LogP contribution in [0.5, 0.6) is 0 Å². The monoisotopic (exact) mass is 323 g/mol. The fraction of sp³-hybridized carbons (Fsp3) is 0.467. The van der Waals surface area contributed by atoms with Gasteiger partial charge in [-0.3, -0.25) is 9.59 Å². The van der Waals surface area contributed by atoms with E-state index in [1.807, 2.05) is 13.8 Å². The highest BCUT2D eigenvalue weighted by Crippen LogP contribution is 2.31. The van der Waals surface area contributed by atoms with Gasteiger partial charge in [-0.2, -0.15) is 0 Å². The van der Waals surface area contributed by atoms with E-state index in [4.69, 9.17) is 9.15 Å². The molecule has 1 N–H and O–H groups in total. The summed E-state index contributed by atoms with van der Waals surface area (Å²) in [4.78, 5) is 27.4. The molecule has 0 aromatic carbocycles. The Balaban J connectivity index is 1.69. The number of ether oxygens (including phenoxy) is 1. The molecule has 0 unspecified atom stereocenters. The number of morpholine rings is 1. The van der Waals surface area contributed by atoms with Gasteiger partial charge in [0.15, 0.2) is 6.67 Å². The van der Waals surface area contributed by atoms with Crippen molar-refractivity contribution in [2.75, 3.05) is 19.8 Å². The van der Waals surface area contributed by atoms with Gasteiger partial charge in [0.1, 0.15) is 31.1 Å². The summed E-state index contributed by atoms with van der Waals surface area (Å²) in [5.41, 5.74) is 0. The maximum absolute atomic E-state index is 12.4. The number of amides is 2. The molecule has 2 aliphatic heterocycles. The molecule has 3 rings (SSSR count). The fourth-order valence-corrected chi connectivity index (χ4v) is 3.70. The van der Waals surface area contributed by atoms with Gasteiger partial charge < -0.3 is 14.1 Å². The Morgan fingerprint density at radius 1 is 1.36 bits per heavy atom. The lowest BCUT2D eigenvalue weighted by molar-refractivity contribution is -0.921. The largest absolute Gasteiger partial charge is 0.465 e. The fourth-order valence-electron chi connectivity index (χ4n) is 2.88. The van der Waals surface area contributed by atoms with Crippen LogP contribution in [0, 0.1) is 0 Å². The molecule has 3 heterocycles. The van der Waals surface area contributed by atoms with Gasteiger partial charge in [0.2, 0.25) is 0 Å². The second-order valence-electron chi connectivity index (χ2n) is 5.70. The standard InChI is InChI=1S/C15H18N2O4S/c1-10-7-16(8-11(2)21-10)9-17-14(18)13(22-15(17)19)6-12-4-3-5-20-12/h3-6,10-11H,7-9H2,1-2H3/p+1/b13-6+/t10-,11-/m0/s1. The van der Waals surface area contributed by atoms with Crippen molar-refractivity contribution < 1.29 is 23.6 Å². The number of nitrogens with one attached hydrogen (secondary N) is 1. The van der Waals surface area contributed by atoms with Gasteiger partial charge in [-0.25, -0.2) is 4.90 Å². The van der Waals surface area contributed by atoms with Gasteiger partial charge in [0.05, 0.1) is 11.2 Å². The molecule has 2 saturated heterocycles. The van der Waals surface area contributed by atoms with Crippen LogP contribution in [-0.2, 0) is 9.53 Å². The highest BCUT2D eigenvalue weighted by molar-refractivity contribution is 8.18. The van der Waals surface area contributed by atoms with Crippen molar-refractivity contribution in [3.8, 4) is 0 Å². The van der Waals surface area contributed by atoms with Crippen LogP contribution in [0.2, 0.25) is 0 Å². The molecule has 0 spiro atoms. The zero-order valence-corrected chi connectivity index (χ0v) is 13.4. The third kappa shape index (κ3) is 3.26. The predicted molar refractivity (Wildman–Crippen MR) is 82.1 cm³/mol. The SMILES string of the molecule is C[C@H]1C[NH+](CN2C(=O)S/C(=C/c3ccco3)C2=O)C[C@H](C)O1. The summed E-state index contributed by atoms with van der Waals surface area (Å²) in [5, 5.41) is -0.220. The first kappa shape index (κ1) is 15.3. The highest BCUT2D eigenvalue weighted by Gasteiger charge is 2.39. The molecule has 2 atom stereocenters. The molecule has 1 aromatic rings. The Kier molecular flexibility index (Phi) is 4.37. The average Bonchev–Trinajstić information content (AvgIpc) is 3.03. The van der Waals surface area contributed by atoms with E-state index in [0.29, 0.717) is 17.3 Å². The maximum atomic E-state index is 12.4. The van der Waals surface area contributed by atoms with Crippen molar-refractivity contribution >= 4 is 29.0 Å². The molecule has 118 valence electrons. The van der Waals surface area contributed by atoms with E-state index < -0.39 is 0 Å². The Labute approximate surface area is 133 Å². The molecule has 1 aromatic heterocycles. The molecule has 2 fully saturated rings. The molecule has 22 heavy (non-hydrogen) atoms. The molecule has 7 heteroatoms. The van der Waals surface area contributed by atoms with Crippen molar-refractivity contribution in [2.45, 2.75) is 26.1 Å². The van der Waals surface area contributed by atoms with Crippen molar-refractivity contribution in [2.24, 2.45) is 0 Å². The van der Waals surface area contributed by atoms with E-state index in [-0.39, 0.29) is 23.4 Å². The van der Waals surface area contributed by atoms with Crippen molar-refractivity contribution in [3.63, 3.8) is 0 Å². The number of hydrogen-bond acceptors (Lipinski definition) is 5. The second-order valence-corrected chi connectivity index (χ2v) is 6.69. The minimum absolute atomic E-state index is 0.136. The van der Waals surface area contributed by atoms with Crippen LogP contribution in [-0.4, -0.2) is 48.0 Å². The zero-order valence-electron chi connectivity index (χ0n) is 12.6. The van der Waals surface area contributed by atoms with Gasteiger partial charge in [-0.15, -0.1) is 0 Å². The first-order valence-electron chi connectivity index (χ1n) is 7.31. The lowest BCUT2D eigenvalue weighted by Crippen LogP contribution is -3.16. The summed E-state index contributed by atoms with van der Waals surface area (Å²) in [6.07, 6.45) is 3.43. The first-order chi connectivity index (χ1) is 10.5. The number of thioether (sulfide) groups is 1. The van der Waals surface area contributed by atoms with E-state index in [0.717, 1.165) is 24.9 Å². The Morgan fingerprint density at radius 2 is 2.09 bits per heavy atom. The van der Waals surface area contributed by atoms with Gasteiger partial charge in [-0.05, 0) is 37.7 Å². The third-order valence-electron chi connectivity index (χ3n) is 3.69. The molecule has 6 nitrogen and oxygen atoms in total. The average molecular weight is 323 g/mol. The molecular formula is C15H19N2O4S+. The maximum Gasteiger partial charge on any atom is 0.298 e. The molecular weight excluding hydrogens is 304 g/mol. The van der Waals surface area contributed by atoms with Gasteiger partial charge >= 0.3 is 0 Å². The highest BCUT2D eigenvalue weighted by atomic mass is 32.2. The second kappa shape index (κ2) is 6.28. The summed E-state index contributed by atoms with van der Waals surface area (Å²) in [6, 6.07) is 3.50. The number of imide groups is 1. The lowest BCUT2D eigenvalue weighted by Gasteiger charge is -2.33. The zero-order chi connectivity index (χ0) is 15.7. The van der Waals surface area contributed by atoms with Crippen LogP contribution in [0.4, 0.5) is 4.79 Å². The van der Waals surface area contributed by atoms with E-state index in [1.54, 1.807) is 18.2 Å². The molecule has 0 saturated carbocycles. The minimum atomic E-state index is -0.245. The normalized spacial score (nSPS) is 31.3. The molecule has 0 aliphatic carbocycles. The summed E-state index contributed by atoms with van der Waals surface area (Å²) < 4.78 is 10.9. The number of carbonyl (C=O) groups excluding carboxylic acids is 2. The third-order valence-corrected chi connectivity index (χ3v) is 4.60. The topological polar surface area (TPSA) is 64.2 Å². The van der Waals surface area contributed by atoms with E-state index in [1.165, 1.54) is 16.1 Å². The van der Waals surface area contributed by atoms with E-state index in [9.17, 15) is 9.59 Å². The Hall–Kier alpha value is -1.57. The van der Waals surface area contributed by atoms with Crippen LogP contribution >= 0.6 is 11.8 Å². The van der Waals surface area contributed by atoms with Crippen molar-refractivity contribution in [3.05, 3.63) is 29.1 Å². The number of rotatable bonds is 3.